The molecule has 4 heteroatoms. The maximum atomic E-state index is 6.15. The van der Waals surface area contributed by atoms with E-state index >= 15 is 0 Å². The Morgan fingerprint density at radius 3 is 3.00 bits per heavy atom. The number of thioether (sulfide) groups is 1. The largest absolute Gasteiger partial charge is 0.381 e. The molecule has 2 rings (SSSR count). The molecule has 0 amide bonds. The van der Waals surface area contributed by atoms with Crippen LogP contribution in [0.5, 0.6) is 0 Å². The Morgan fingerprint density at radius 1 is 1.50 bits per heavy atom. The molecule has 2 N–H and O–H groups in total. The van der Waals surface area contributed by atoms with Gasteiger partial charge in [0.05, 0.1) is 6.61 Å². The molecule has 2 saturated heterocycles. The molecular weight excluding hydrogens is 220 g/mol. The topological polar surface area (TPSA) is 38.5 Å². The van der Waals surface area contributed by atoms with Crippen molar-refractivity contribution in [3.63, 3.8) is 0 Å². The first-order chi connectivity index (χ1) is 7.57. The van der Waals surface area contributed by atoms with Gasteiger partial charge in [0.1, 0.15) is 0 Å². The van der Waals surface area contributed by atoms with E-state index in [0.717, 1.165) is 26.2 Å². The summed E-state index contributed by atoms with van der Waals surface area (Å²) in [4.78, 5) is 2.57. The normalized spacial score (nSPS) is 36.2. The third-order valence-electron chi connectivity index (χ3n) is 3.53. The van der Waals surface area contributed by atoms with Crippen LogP contribution >= 0.6 is 11.8 Å². The summed E-state index contributed by atoms with van der Waals surface area (Å²) >= 11 is 2.08. The number of nitrogens with two attached hydrogens (primary N) is 1. The molecule has 94 valence electrons. The van der Waals surface area contributed by atoms with Gasteiger partial charge in [-0.15, -0.1) is 0 Å². The third kappa shape index (κ3) is 3.36. The van der Waals surface area contributed by atoms with E-state index in [4.69, 9.17) is 10.5 Å². The molecule has 0 saturated carbocycles. The second-order valence-electron chi connectivity index (χ2n) is 5.63. The summed E-state index contributed by atoms with van der Waals surface area (Å²) in [6, 6.07) is 0.339. The summed E-state index contributed by atoms with van der Waals surface area (Å²) in [7, 11) is 0. The van der Waals surface area contributed by atoms with Gasteiger partial charge in [0.25, 0.3) is 0 Å². The van der Waals surface area contributed by atoms with Crippen LogP contribution in [0.4, 0.5) is 0 Å². The minimum absolute atomic E-state index is 0.339. The van der Waals surface area contributed by atoms with E-state index in [1.165, 1.54) is 18.8 Å². The van der Waals surface area contributed by atoms with Crippen LogP contribution in [-0.4, -0.2) is 54.3 Å². The number of ether oxygens (including phenoxy) is 1. The Kier molecular flexibility index (Phi) is 4.16. The lowest BCUT2D eigenvalue weighted by molar-refractivity contribution is 0.0255. The molecule has 2 aliphatic rings. The van der Waals surface area contributed by atoms with Crippen molar-refractivity contribution in [2.45, 2.75) is 31.1 Å². The fourth-order valence-corrected chi connectivity index (χ4v) is 3.78. The van der Waals surface area contributed by atoms with Crippen molar-refractivity contribution in [3.05, 3.63) is 0 Å². The fourth-order valence-electron chi connectivity index (χ4n) is 2.60. The predicted molar refractivity (Wildman–Crippen MR) is 69.9 cm³/mol. The summed E-state index contributed by atoms with van der Waals surface area (Å²) in [6.45, 7) is 9.87. The van der Waals surface area contributed by atoms with Gasteiger partial charge in [-0.05, 0) is 20.3 Å². The first kappa shape index (κ1) is 12.7. The molecule has 0 radical (unpaired) electrons. The van der Waals surface area contributed by atoms with Crippen molar-refractivity contribution in [3.8, 4) is 0 Å². The number of rotatable bonds is 2. The lowest BCUT2D eigenvalue weighted by atomic mass is 9.95. The van der Waals surface area contributed by atoms with Crippen LogP contribution in [0.2, 0.25) is 0 Å². The molecule has 0 aromatic heterocycles. The van der Waals surface area contributed by atoms with Crippen LogP contribution in [0.1, 0.15) is 20.3 Å². The summed E-state index contributed by atoms with van der Waals surface area (Å²) in [6.07, 6.45) is 1.02. The number of hydrogen-bond donors (Lipinski definition) is 1. The second kappa shape index (κ2) is 5.25. The average Bonchev–Trinajstić information content (AvgIpc) is 2.20. The Hall–Kier alpha value is 0.230. The lowest BCUT2D eigenvalue weighted by Gasteiger charge is -2.40. The molecule has 2 heterocycles. The van der Waals surface area contributed by atoms with Crippen molar-refractivity contribution in [1.82, 2.24) is 4.90 Å². The highest BCUT2D eigenvalue weighted by Crippen LogP contribution is 2.30. The number of nitrogens with zero attached hydrogens (tertiary/aromatic N) is 1. The zero-order chi connectivity index (χ0) is 11.6. The Labute approximate surface area is 103 Å². The van der Waals surface area contributed by atoms with Gasteiger partial charge in [-0.1, -0.05) is 0 Å². The van der Waals surface area contributed by atoms with Gasteiger partial charge >= 0.3 is 0 Å². The van der Waals surface area contributed by atoms with Gasteiger partial charge in [0, 0.05) is 48.7 Å². The zero-order valence-corrected chi connectivity index (χ0v) is 11.3. The first-order valence-electron chi connectivity index (χ1n) is 6.26. The molecule has 2 fully saturated rings. The number of hydrogen-bond acceptors (Lipinski definition) is 4. The summed E-state index contributed by atoms with van der Waals surface area (Å²) in [5.74, 6) is 1.78. The fraction of sp³-hybridized carbons (Fsp3) is 1.00. The van der Waals surface area contributed by atoms with E-state index in [9.17, 15) is 0 Å². The van der Waals surface area contributed by atoms with Crippen LogP contribution in [0.3, 0.4) is 0 Å². The van der Waals surface area contributed by atoms with Crippen molar-refractivity contribution in [2.75, 3.05) is 38.6 Å². The molecule has 0 aromatic carbocycles. The smallest absolute Gasteiger partial charge is 0.0521 e. The molecule has 0 aliphatic carbocycles. The van der Waals surface area contributed by atoms with Crippen molar-refractivity contribution in [1.29, 1.82) is 0 Å². The average molecular weight is 244 g/mol. The highest BCUT2D eigenvalue weighted by molar-refractivity contribution is 8.00. The van der Waals surface area contributed by atoms with Gasteiger partial charge < -0.3 is 15.4 Å². The lowest BCUT2D eigenvalue weighted by Crippen LogP contribution is -2.50. The Bertz CT molecular complexity index is 235. The van der Waals surface area contributed by atoms with Gasteiger partial charge in [0.2, 0.25) is 0 Å². The van der Waals surface area contributed by atoms with Crippen LogP contribution in [0.15, 0.2) is 0 Å². The maximum absolute atomic E-state index is 6.15. The van der Waals surface area contributed by atoms with E-state index in [1.807, 2.05) is 0 Å². The zero-order valence-electron chi connectivity index (χ0n) is 10.4. The first-order valence-corrected chi connectivity index (χ1v) is 7.25. The molecular formula is C12H24N2OS. The predicted octanol–water partition coefficient (Wildman–Crippen LogP) is 1.18. The second-order valence-corrected chi connectivity index (χ2v) is 7.43. The molecule has 16 heavy (non-hydrogen) atoms. The molecule has 2 unspecified atom stereocenters. The SMILES string of the molecule is CC1(C)CN(CC2COCCC2N)CCS1. The molecule has 2 aliphatic heterocycles. The Morgan fingerprint density at radius 2 is 2.31 bits per heavy atom. The van der Waals surface area contributed by atoms with E-state index in [-0.39, 0.29) is 0 Å². The van der Waals surface area contributed by atoms with Crippen LogP contribution in [0, 0.1) is 5.92 Å². The summed E-state index contributed by atoms with van der Waals surface area (Å²) < 4.78 is 5.93. The quantitative estimate of drug-likeness (QED) is 0.791. The van der Waals surface area contributed by atoms with Crippen molar-refractivity contribution >= 4 is 11.8 Å². The Balaban J connectivity index is 1.84. The van der Waals surface area contributed by atoms with Gasteiger partial charge in [-0.2, -0.15) is 11.8 Å². The molecule has 0 bridgehead atoms. The van der Waals surface area contributed by atoms with Crippen molar-refractivity contribution in [2.24, 2.45) is 11.7 Å². The van der Waals surface area contributed by atoms with Crippen LogP contribution in [0.25, 0.3) is 0 Å². The monoisotopic (exact) mass is 244 g/mol. The highest BCUT2D eigenvalue weighted by atomic mass is 32.2. The van der Waals surface area contributed by atoms with E-state index < -0.39 is 0 Å². The highest BCUT2D eigenvalue weighted by Gasteiger charge is 2.30. The van der Waals surface area contributed by atoms with E-state index in [2.05, 4.69) is 30.5 Å². The minimum Gasteiger partial charge on any atom is -0.381 e. The standard InChI is InChI=1S/C12H24N2OS/c1-12(2)9-14(4-6-16-12)7-10-8-15-5-3-11(10)13/h10-11H,3-9,13H2,1-2H3. The molecule has 2 atom stereocenters. The molecule has 3 nitrogen and oxygen atoms in total. The minimum atomic E-state index is 0.339. The molecule has 0 spiro atoms. The summed E-state index contributed by atoms with van der Waals surface area (Å²) in [5, 5.41) is 0. The van der Waals surface area contributed by atoms with E-state index in [1.54, 1.807) is 0 Å². The van der Waals surface area contributed by atoms with Gasteiger partial charge in [-0.3, -0.25) is 0 Å². The summed E-state index contributed by atoms with van der Waals surface area (Å²) in [5.41, 5.74) is 6.15. The third-order valence-corrected chi connectivity index (χ3v) is 4.83. The molecule has 0 aromatic rings. The van der Waals surface area contributed by atoms with Crippen LogP contribution in [-0.2, 0) is 4.74 Å². The van der Waals surface area contributed by atoms with Gasteiger partial charge in [-0.25, -0.2) is 0 Å². The van der Waals surface area contributed by atoms with E-state index in [0.29, 0.717) is 16.7 Å². The van der Waals surface area contributed by atoms with Crippen molar-refractivity contribution < 1.29 is 4.74 Å². The maximum Gasteiger partial charge on any atom is 0.0521 e. The van der Waals surface area contributed by atoms with Gasteiger partial charge in [0.15, 0.2) is 0 Å². The van der Waals surface area contributed by atoms with Crippen LogP contribution < -0.4 is 5.73 Å².